The third-order valence-corrected chi connectivity index (χ3v) is 3.83. The van der Waals surface area contributed by atoms with Crippen molar-refractivity contribution in [2.45, 2.75) is 19.4 Å². The van der Waals surface area contributed by atoms with E-state index in [9.17, 15) is 4.79 Å². The normalized spacial score (nSPS) is 16.1. The van der Waals surface area contributed by atoms with Gasteiger partial charge in [0.1, 0.15) is 0 Å². The summed E-state index contributed by atoms with van der Waals surface area (Å²) in [5, 5.41) is 0.733. The van der Waals surface area contributed by atoms with E-state index in [2.05, 4.69) is 22.6 Å². The maximum Gasteiger partial charge on any atom is 0.222 e. The molecule has 1 aromatic rings. The van der Waals surface area contributed by atoms with Crippen LogP contribution in [-0.2, 0) is 11.3 Å². The highest BCUT2D eigenvalue weighted by atomic mass is 127. The van der Waals surface area contributed by atoms with Crippen LogP contribution in [0.15, 0.2) is 18.2 Å². The average molecular weight is 336 g/mol. The molecule has 1 heterocycles. The molecule has 1 aliphatic rings. The van der Waals surface area contributed by atoms with Gasteiger partial charge in [-0.3, -0.25) is 4.79 Å². The molecule has 0 atom stereocenters. The van der Waals surface area contributed by atoms with Gasteiger partial charge in [-0.05, 0) is 52.8 Å². The van der Waals surface area contributed by atoms with Crippen molar-refractivity contribution >= 4 is 40.1 Å². The Hall–Kier alpha value is -0.290. The van der Waals surface area contributed by atoms with E-state index < -0.39 is 0 Å². The summed E-state index contributed by atoms with van der Waals surface area (Å²) in [6, 6.07) is 5.80. The fourth-order valence-electron chi connectivity index (χ4n) is 1.74. The first-order valence-corrected chi connectivity index (χ1v) is 6.34. The van der Waals surface area contributed by atoms with Gasteiger partial charge in [-0.15, -0.1) is 0 Å². The van der Waals surface area contributed by atoms with Crippen molar-refractivity contribution in [2.24, 2.45) is 0 Å². The Morgan fingerprint density at radius 3 is 2.93 bits per heavy atom. The lowest BCUT2D eigenvalue weighted by Crippen LogP contribution is -2.24. The molecule has 0 spiro atoms. The van der Waals surface area contributed by atoms with Crippen LogP contribution >= 0.6 is 34.2 Å². The van der Waals surface area contributed by atoms with Crippen LogP contribution in [0.2, 0.25) is 5.02 Å². The Labute approximate surface area is 108 Å². The van der Waals surface area contributed by atoms with Crippen LogP contribution in [0.3, 0.4) is 0 Å². The Kier molecular flexibility index (Phi) is 3.51. The molecular formula is C11H11ClINO. The third kappa shape index (κ3) is 2.64. The van der Waals surface area contributed by atoms with Crippen LogP contribution < -0.4 is 0 Å². The second kappa shape index (κ2) is 4.70. The number of rotatable bonds is 2. The lowest BCUT2D eigenvalue weighted by molar-refractivity contribution is -0.128. The molecule has 0 aliphatic carbocycles. The van der Waals surface area contributed by atoms with Crippen molar-refractivity contribution in [3.63, 3.8) is 0 Å². The maximum atomic E-state index is 11.5. The first-order valence-electron chi connectivity index (χ1n) is 4.88. The molecule has 1 saturated heterocycles. The van der Waals surface area contributed by atoms with E-state index in [-0.39, 0.29) is 5.91 Å². The minimum absolute atomic E-state index is 0.255. The fraction of sp³-hybridized carbons (Fsp3) is 0.364. The second-order valence-electron chi connectivity index (χ2n) is 3.65. The molecule has 1 fully saturated rings. The van der Waals surface area contributed by atoms with Gasteiger partial charge < -0.3 is 4.90 Å². The molecular weight excluding hydrogens is 324 g/mol. The molecule has 0 aromatic heterocycles. The van der Waals surface area contributed by atoms with Crippen LogP contribution in [-0.4, -0.2) is 17.4 Å². The summed E-state index contributed by atoms with van der Waals surface area (Å²) < 4.78 is 1.16. The lowest BCUT2D eigenvalue weighted by atomic mass is 10.2. The van der Waals surface area contributed by atoms with Crippen LogP contribution in [0.4, 0.5) is 0 Å². The van der Waals surface area contributed by atoms with Crippen molar-refractivity contribution in [1.29, 1.82) is 0 Å². The molecule has 0 bridgehead atoms. The van der Waals surface area contributed by atoms with Gasteiger partial charge in [-0.25, -0.2) is 0 Å². The smallest absolute Gasteiger partial charge is 0.222 e. The first kappa shape index (κ1) is 11.2. The summed E-state index contributed by atoms with van der Waals surface area (Å²) in [7, 11) is 0. The van der Waals surface area contributed by atoms with Gasteiger partial charge in [-0.2, -0.15) is 0 Å². The third-order valence-electron chi connectivity index (χ3n) is 2.54. The molecule has 1 aliphatic heterocycles. The molecule has 1 amide bonds. The zero-order valence-electron chi connectivity index (χ0n) is 8.17. The fourth-order valence-corrected chi connectivity index (χ4v) is 2.44. The highest BCUT2D eigenvalue weighted by molar-refractivity contribution is 14.1. The van der Waals surface area contributed by atoms with E-state index in [0.717, 1.165) is 27.1 Å². The Bertz CT molecular complexity index is 394. The maximum absolute atomic E-state index is 11.5. The van der Waals surface area contributed by atoms with Gasteiger partial charge in [0, 0.05) is 28.1 Å². The van der Waals surface area contributed by atoms with Gasteiger partial charge in [-0.1, -0.05) is 11.6 Å². The largest absolute Gasteiger partial charge is 0.338 e. The quantitative estimate of drug-likeness (QED) is 0.761. The van der Waals surface area contributed by atoms with E-state index in [1.54, 1.807) is 0 Å². The number of carbonyl (C=O) groups excluding carboxylic acids is 1. The van der Waals surface area contributed by atoms with Crippen molar-refractivity contribution in [1.82, 2.24) is 4.90 Å². The predicted octanol–water partition coefficient (Wildman–Crippen LogP) is 3.07. The van der Waals surface area contributed by atoms with E-state index in [1.807, 2.05) is 23.1 Å². The average Bonchev–Trinajstić information content (AvgIpc) is 2.58. The minimum Gasteiger partial charge on any atom is -0.338 e. The summed E-state index contributed by atoms with van der Waals surface area (Å²) in [5.41, 5.74) is 1.14. The Morgan fingerprint density at radius 1 is 1.47 bits per heavy atom. The van der Waals surface area contributed by atoms with Crippen LogP contribution in [0.5, 0.6) is 0 Å². The summed E-state index contributed by atoms with van der Waals surface area (Å²) in [6.07, 6.45) is 1.67. The highest BCUT2D eigenvalue weighted by Crippen LogP contribution is 2.21. The van der Waals surface area contributed by atoms with Crippen LogP contribution in [0, 0.1) is 3.57 Å². The molecule has 4 heteroatoms. The van der Waals surface area contributed by atoms with Crippen molar-refractivity contribution < 1.29 is 4.79 Å². The van der Waals surface area contributed by atoms with E-state index in [4.69, 9.17) is 11.6 Å². The number of halogens is 2. The van der Waals surface area contributed by atoms with Crippen molar-refractivity contribution in [2.75, 3.05) is 6.54 Å². The van der Waals surface area contributed by atoms with Gasteiger partial charge >= 0.3 is 0 Å². The molecule has 0 N–H and O–H groups in total. The van der Waals surface area contributed by atoms with Crippen LogP contribution in [0.25, 0.3) is 0 Å². The molecule has 0 saturated carbocycles. The highest BCUT2D eigenvalue weighted by Gasteiger charge is 2.20. The predicted molar refractivity (Wildman–Crippen MR) is 68.8 cm³/mol. The van der Waals surface area contributed by atoms with Gasteiger partial charge in [0.15, 0.2) is 0 Å². The number of benzene rings is 1. The SMILES string of the molecule is O=C1CCCN1Cc1cc(Cl)ccc1I. The molecule has 15 heavy (non-hydrogen) atoms. The monoisotopic (exact) mass is 335 g/mol. The summed E-state index contributed by atoms with van der Waals surface area (Å²) in [6.45, 7) is 1.57. The van der Waals surface area contributed by atoms with Gasteiger partial charge in [0.2, 0.25) is 5.91 Å². The summed E-state index contributed by atoms with van der Waals surface area (Å²) in [5.74, 6) is 0.255. The zero-order valence-corrected chi connectivity index (χ0v) is 11.1. The summed E-state index contributed by atoms with van der Waals surface area (Å²) >= 11 is 8.21. The standard InChI is InChI=1S/C11H11ClINO/c12-9-3-4-10(13)8(6-9)7-14-5-1-2-11(14)15/h3-4,6H,1-2,5,7H2. The van der Waals surface area contributed by atoms with E-state index in [0.29, 0.717) is 13.0 Å². The van der Waals surface area contributed by atoms with Crippen molar-refractivity contribution in [3.8, 4) is 0 Å². The number of nitrogens with zero attached hydrogens (tertiary/aromatic N) is 1. The number of hydrogen-bond acceptors (Lipinski definition) is 1. The summed E-state index contributed by atoms with van der Waals surface area (Å²) in [4.78, 5) is 13.4. The minimum atomic E-state index is 0.255. The molecule has 2 nitrogen and oxygen atoms in total. The van der Waals surface area contributed by atoms with E-state index >= 15 is 0 Å². The second-order valence-corrected chi connectivity index (χ2v) is 5.25. The van der Waals surface area contributed by atoms with Crippen molar-refractivity contribution in [3.05, 3.63) is 32.4 Å². The Balaban J connectivity index is 2.16. The van der Waals surface area contributed by atoms with Gasteiger partial charge in [0.25, 0.3) is 0 Å². The topological polar surface area (TPSA) is 20.3 Å². The van der Waals surface area contributed by atoms with Crippen LogP contribution in [0.1, 0.15) is 18.4 Å². The number of hydrogen-bond donors (Lipinski definition) is 0. The number of amides is 1. The number of carbonyl (C=O) groups is 1. The Morgan fingerprint density at radius 2 is 2.27 bits per heavy atom. The lowest BCUT2D eigenvalue weighted by Gasteiger charge is -2.16. The molecule has 0 unspecified atom stereocenters. The van der Waals surface area contributed by atoms with Gasteiger partial charge in [0.05, 0.1) is 0 Å². The molecule has 2 rings (SSSR count). The number of likely N-dealkylation sites (tertiary alicyclic amines) is 1. The van der Waals surface area contributed by atoms with E-state index in [1.165, 1.54) is 0 Å². The first-order chi connectivity index (χ1) is 7.16. The zero-order chi connectivity index (χ0) is 10.8. The molecule has 0 radical (unpaired) electrons. The molecule has 80 valence electrons. The molecule has 1 aromatic carbocycles.